The van der Waals surface area contributed by atoms with Gasteiger partial charge < -0.3 is 15.7 Å². The molecule has 0 bridgehead atoms. The minimum atomic E-state index is -1.09. The number of carbonyl (C=O) groups excluding carboxylic acids is 1. The lowest BCUT2D eigenvalue weighted by Crippen LogP contribution is -2.42. The van der Waals surface area contributed by atoms with Gasteiger partial charge in [0, 0.05) is 10.6 Å². The van der Waals surface area contributed by atoms with E-state index in [1.807, 2.05) is 18.4 Å². The maximum atomic E-state index is 11.6. The Bertz CT molecular complexity index is 459. The molecule has 5 nitrogen and oxygen atoms in total. The third-order valence-corrected chi connectivity index (χ3v) is 3.10. The summed E-state index contributed by atoms with van der Waals surface area (Å²) in [6.45, 7) is 3.46. The minimum Gasteiger partial charge on any atom is -0.480 e. The van der Waals surface area contributed by atoms with Gasteiger partial charge in [-0.15, -0.1) is 18.3 Å². The fraction of sp³-hybridized carbons (Fsp3) is 0.231. The van der Waals surface area contributed by atoms with Gasteiger partial charge in [-0.25, -0.2) is 9.59 Å². The molecule has 0 radical (unpaired) electrons. The molecule has 1 unspecified atom stereocenters. The van der Waals surface area contributed by atoms with Gasteiger partial charge in [0.2, 0.25) is 0 Å². The Kier molecular flexibility index (Phi) is 5.95. The van der Waals surface area contributed by atoms with E-state index >= 15 is 0 Å². The van der Waals surface area contributed by atoms with Crippen molar-refractivity contribution in [3.63, 3.8) is 0 Å². The van der Waals surface area contributed by atoms with Gasteiger partial charge in [0.1, 0.15) is 6.04 Å². The summed E-state index contributed by atoms with van der Waals surface area (Å²) < 4.78 is 0. The Labute approximate surface area is 116 Å². The molecule has 6 heteroatoms. The normalized spacial score (nSPS) is 11.4. The molecule has 3 N–H and O–H groups in total. The van der Waals surface area contributed by atoms with Gasteiger partial charge in [-0.3, -0.25) is 0 Å². The molecule has 0 heterocycles. The third-order valence-electron chi connectivity index (χ3n) is 2.35. The molecule has 0 saturated carbocycles. The second kappa shape index (κ2) is 7.48. The number of aliphatic carboxylic acids is 1. The Balaban J connectivity index is 2.57. The lowest BCUT2D eigenvalue weighted by atomic mass is 10.2. The smallest absolute Gasteiger partial charge is 0.326 e. The molecule has 0 saturated heterocycles. The van der Waals surface area contributed by atoms with E-state index in [9.17, 15) is 9.59 Å². The summed E-state index contributed by atoms with van der Waals surface area (Å²) in [6, 6.07) is 5.75. The summed E-state index contributed by atoms with van der Waals surface area (Å²) >= 11 is 1.60. The molecule has 0 aliphatic carbocycles. The van der Waals surface area contributed by atoms with Gasteiger partial charge in [-0.05, 0) is 36.9 Å². The first-order chi connectivity index (χ1) is 9.06. The molecule has 1 aromatic rings. The predicted molar refractivity (Wildman–Crippen MR) is 76.6 cm³/mol. The predicted octanol–water partition coefficient (Wildman–Crippen LogP) is 2.56. The second-order valence-corrected chi connectivity index (χ2v) is 4.62. The van der Waals surface area contributed by atoms with E-state index < -0.39 is 18.0 Å². The molecule has 102 valence electrons. The van der Waals surface area contributed by atoms with E-state index in [4.69, 9.17) is 5.11 Å². The zero-order chi connectivity index (χ0) is 14.3. The average molecular weight is 280 g/mol. The highest BCUT2D eigenvalue weighted by Crippen LogP contribution is 2.17. The summed E-state index contributed by atoms with van der Waals surface area (Å²) in [5.74, 6) is -1.09. The highest BCUT2D eigenvalue weighted by atomic mass is 32.2. The number of hydrogen-bond donors (Lipinski definition) is 3. The summed E-state index contributed by atoms with van der Waals surface area (Å²) in [5, 5.41) is 13.8. The quantitative estimate of drug-likeness (QED) is 0.553. The van der Waals surface area contributed by atoms with Crippen LogP contribution in [0.5, 0.6) is 0 Å². The van der Waals surface area contributed by atoms with Crippen molar-refractivity contribution in [1.29, 1.82) is 0 Å². The monoisotopic (exact) mass is 280 g/mol. The van der Waals surface area contributed by atoms with E-state index in [1.165, 1.54) is 6.08 Å². The fourth-order valence-electron chi connectivity index (χ4n) is 1.39. The van der Waals surface area contributed by atoms with Crippen LogP contribution in [0.4, 0.5) is 10.5 Å². The Hall–Kier alpha value is -1.95. The fourth-order valence-corrected chi connectivity index (χ4v) is 1.80. The van der Waals surface area contributed by atoms with Crippen LogP contribution in [-0.4, -0.2) is 29.4 Å². The highest BCUT2D eigenvalue weighted by molar-refractivity contribution is 7.98. The van der Waals surface area contributed by atoms with Gasteiger partial charge >= 0.3 is 12.0 Å². The number of urea groups is 1. The number of nitrogens with one attached hydrogen (secondary N) is 2. The van der Waals surface area contributed by atoms with Gasteiger partial charge in [0.25, 0.3) is 0 Å². The first kappa shape index (κ1) is 15.1. The molecule has 2 amide bonds. The van der Waals surface area contributed by atoms with Crippen LogP contribution in [-0.2, 0) is 4.79 Å². The zero-order valence-electron chi connectivity index (χ0n) is 10.6. The standard InChI is InChI=1S/C13H16N2O3S/c1-3-4-11(12(16)17)15-13(18)14-9-5-7-10(19-2)8-6-9/h3,5-8,11H,1,4H2,2H3,(H,16,17)(H2,14,15,18). The lowest BCUT2D eigenvalue weighted by Gasteiger charge is -2.13. The van der Waals surface area contributed by atoms with Crippen LogP contribution in [0.25, 0.3) is 0 Å². The van der Waals surface area contributed by atoms with Crippen molar-refractivity contribution >= 4 is 29.4 Å². The zero-order valence-corrected chi connectivity index (χ0v) is 11.4. The van der Waals surface area contributed by atoms with Crippen LogP contribution in [0.2, 0.25) is 0 Å². The maximum absolute atomic E-state index is 11.6. The summed E-state index contributed by atoms with van der Waals surface area (Å²) in [7, 11) is 0. The van der Waals surface area contributed by atoms with Crippen LogP contribution in [0, 0.1) is 0 Å². The molecular weight excluding hydrogens is 264 g/mol. The Morgan fingerprint density at radius 1 is 1.42 bits per heavy atom. The molecule has 1 rings (SSSR count). The highest BCUT2D eigenvalue weighted by Gasteiger charge is 2.17. The molecule has 1 aromatic carbocycles. The van der Waals surface area contributed by atoms with Crippen LogP contribution in [0.15, 0.2) is 41.8 Å². The van der Waals surface area contributed by atoms with Gasteiger partial charge in [-0.1, -0.05) is 6.08 Å². The number of anilines is 1. The number of carbonyl (C=O) groups is 2. The number of carboxylic acids is 1. The van der Waals surface area contributed by atoms with Gasteiger partial charge in [0.15, 0.2) is 0 Å². The van der Waals surface area contributed by atoms with Crippen LogP contribution in [0.1, 0.15) is 6.42 Å². The number of amides is 2. The molecule has 0 fully saturated rings. The largest absolute Gasteiger partial charge is 0.480 e. The van der Waals surface area contributed by atoms with E-state index in [2.05, 4.69) is 17.2 Å². The molecular formula is C13H16N2O3S. The van der Waals surface area contributed by atoms with Crippen molar-refractivity contribution < 1.29 is 14.7 Å². The Morgan fingerprint density at radius 3 is 2.53 bits per heavy atom. The maximum Gasteiger partial charge on any atom is 0.326 e. The van der Waals surface area contributed by atoms with E-state index in [0.29, 0.717) is 5.69 Å². The number of hydrogen-bond acceptors (Lipinski definition) is 3. The Morgan fingerprint density at radius 2 is 2.05 bits per heavy atom. The summed E-state index contributed by atoms with van der Waals surface area (Å²) in [4.78, 5) is 23.6. The van der Waals surface area contributed by atoms with E-state index in [0.717, 1.165) is 4.90 Å². The first-order valence-corrected chi connectivity index (χ1v) is 6.84. The lowest BCUT2D eigenvalue weighted by molar-refractivity contribution is -0.139. The van der Waals surface area contributed by atoms with Gasteiger partial charge in [-0.2, -0.15) is 0 Å². The first-order valence-electron chi connectivity index (χ1n) is 5.62. The van der Waals surface area contributed by atoms with Crippen LogP contribution < -0.4 is 10.6 Å². The molecule has 0 aliphatic rings. The summed E-state index contributed by atoms with van der Waals surface area (Å²) in [6.07, 6.45) is 3.59. The number of carboxylic acid groups (broad SMARTS) is 1. The second-order valence-electron chi connectivity index (χ2n) is 3.74. The van der Waals surface area contributed by atoms with Gasteiger partial charge in [0.05, 0.1) is 0 Å². The van der Waals surface area contributed by atoms with Crippen molar-refractivity contribution in [2.24, 2.45) is 0 Å². The van der Waals surface area contributed by atoms with Crippen molar-refractivity contribution in [2.75, 3.05) is 11.6 Å². The van der Waals surface area contributed by atoms with Crippen LogP contribution in [0.3, 0.4) is 0 Å². The topological polar surface area (TPSA) is 78.4 Å². The third kappa shape index (κ3) is 5.05. The molecule has 0 aliphatic heterocycles. The molecule has 0 aromatic heterocycles. The van der Waals surface area contributed by atoms with Crippen molar-refractivity contribution in [2.45, 2.75) is 17.4 Å². The van der Waals surface area contributed by atoms with Crippen molar-refractivity contribution in [3.05, 3.63) is 36.9 Å². The van der Waals surface area contributed by atoms with Crippen LogP contribution >= 0.6 is 11.8 Å². The molecule has 19 heavy (non-hydrogen) atoms. The molecule has 0 spiro atoms. The van der Waals surface area contributed by atoms with Crippen molar-refractivity contribution in [1.82, 2.24) is 5.32 Å². The number of benzene rings is 1. The SMILES string of the molecule is C=CCC(NC(=O)Nc1ccc(SC)cc1)C(=O)O. The minimum absolute atomic E-state index is 0.175. The number of rotatable bonds is 6. The molecule has 1 atom stereocenters. The summed E-state index contributed by atoms with van der Waals surface area (Å²) in [5.41, 5.74) is 0.609. The van der Waals surface area contributed by atoms with E-state index in [1.54, 1.807) is 23.9 Å². The number of thioether (sulfide) groups is 1. The van der Waals surface area contributed by atoms with Crippen molar-refractivity contribution in [3.8, 4) is 0 Å². The van der Waals surface area contributed by atoms with E-state index in [-0.39, 0.29) is 6.42 Å². The average Bonchev–Trinajstić information content (AvgIpc) is 2.39.